The van der Waals surface area contributed by atoms with E-state index in [0.29, 0.717) is 36.7 Å². The van der Waals surface area contributed by atoms with Gasteiger partial charge in [0.2, 0.25) is 5.91 Å². The van der Waals surface area contributed by atoms with E-state index in [1.807, 2.05) is 0 Å². The number of piperidine rings is 1. The number of fused-ring (bicyclic) bond motifs is 1. The van der Waals surface area contributed by atoms with Gasteiger partial charge in [-0.2, -0.15) is 13.2 Å². The zero-order valence-corrected chi connectivity index (χ0v) is 13.9. The number of likely N-dealkylation sites (tertiary alicyclic amines) is 1. The second-order valence-electron chi connectivity index (χ2n) is 6.40. The molecule has 25 heavy (non-hydrogen) atoms. The van der Waals surface area contributed by atoms with Crippen LogP contribution in [0.3, 0.4) is 0 Å². The van der Waals surface area contributed by atoms with Crippen LogP contribution in [-0.4, -0.2) is 48.8 Å². The quantitative estimate of drug-likeness (QED) is 0.902. The van der Waals surface area contributed by atoms with Gasteiger partial charge in [-0.25, -0.2) is 0 Å². The van der Waals surface area contributed by atoms with Crippen LogP contribution in [0.15, 0.2) is 18.2 Å². The molecule has 0 bridgehead atoms. The Morgan fingerprint density at radius 3 is 2.76 bits per heavy atom. The van der Waals surface area contributed by atoms with Crippen LogP contribution in [0.4, 0.5) is 13.2 Å². The van der Waals surface area contributed by atoms with Crippen LogP contribution in [0.1, 0.15) is 25.3 Å². The van der Waals surface area contributed by atoms with E-state index in [1.165, 1.54) is 11.8 Å². The van der Waals surface area contributed by atoms with Crippen molar-refractivity contribution in [3.05, 3.63) is 23.8 Å². The number of para-hydroxylation sites is 1. The van der Waals surface area contributed by atoms with Crippen LogP contribution < -0.4 is 14.8 Å². The van der Waals surface area contributed by atoms with E-state index < -0.39 is 12.2 Å². The number of amides is 1. The molecular weight excluding hydrogens is 337 g/mol. The summed E-state index contributed by atoms with van der Waals surface area (Å²) in [4.78, 5) is 12.6. The Kier molecular flexibility index (Phi) is 5.08. The first kappa shape index (κ1) is 17.8. The fraction of sp³-hybridized carbons (Fsp3) is 0.588. The van der Waals surface area contributed by atoms with Gasteiger partial charge in [-0.05, 0) is 18.9 Å². The SMILES string of the molecule is CC(=O)N[C@@H]1CC[C@H](C(F)(F)F)N(Cc2cccc3c2OCCO3)C1. The molecule has 1 saturated heterocycles. The monoisotopic (exact) mass is 358 g/mol. The van der Waals surface area contributed by atoms with Crippen LogP contribution in [0, 0.1) is 0 Å². The first-order valence-electron chi connectivity index (χ1n) is 8.30. The molecule has 2 aliphatic rings. The van der Waals surface area contributed by atoms with Gasteiger partial charge in [-0.3, -0.25) is 9.69 Å². The van der Waals surface area contributed by atoms with Crippen LogP contribution in [0.25, 0.3) is 0 Å². The molecule has 2 heterocycles. The number of ether oxygens (including phenoxy) is 2. The number of alkyl halides is 3. The molecule has 0 saturated carbocycles. The summed E-state index contributed by atoms with van der Waals surface area (Å²) in [5, 5.41) is 2.73. The van der Waals surface area contributed by atoms with Crippen molar-refractivity contribution >= 4 is 5.91 Å². The Morgan fingerprint density at radius 2 is 2.04 bits per heavy atom. The van der Waals surface area contributed by atoms with Crippen molar-refractivity contribution in [3.8, 4) is 11.5 Å². The van der Waals surface area contributed by atoms with E-state index in [-0.39, 0.29) is 31.5 Å². The fourth-order valence-corrected chi connectivity index (χ4v) is 3.47. The summed E-state index contributed by atoms with van der Waals surface area (Å²) in [6.07, 6.45) is -4.04. The van der Waals surface area contributed by atoms with E-state index in [2.05, 4.69) is 5.32 Å². The molecule has 5 nitrogen and oxygen atoms in total. The molecule has 2 aliphatic heterocycles. The van der Waals surface area contributed by atoms with Crippen molar-refractivity contribution in [1.82, 2.24) is 10.2 Å². The van der Waals surface area contributed by atoms with Gasteiger partial charge in [0.15, 0.2) is 11.5 Å². The number of hydrogen-bond donors (Lipinski definition) is 1. The predicted molar refractivity (Wildman–Crippen MR) is 84.5 cm³/mol. The third-order valence-corrected chi connectivity index (χ3v) is 4.49. The summed E-state index contributed by atoms with van der Waals surface area (Å²) in [6.45, 7) is 2.41. The van der Waals surface area contributed by atoms with Gasteiger partial charge in [0, 0.05) is 31.6 Å². The normalized spacial score (nSPS) is 24.0. The maximum atomic E-state index is 13.4. The Bertz CT molecular complexity index is 636. The average molecular weight is 358 g/mol. The molecule has 1 fully saturated rings. The molecular formula is C17H21F3N2O3. The molecule has 0 aromatic heterocycles. The van der Waals surface area contributed by atoms with Gasteiger partial charge < -0.3 is 14.8 Å². The highest BCUT2D eigenvalue weighted by Gasteiger charge is 2.46. The third kappa shape index (κ3) is 4.18. The van der Waals surface area contributed by atoms with Crippen molar-refractivity contribution in [2.45, 2.75) is 44.6 Å². The van der Waals surface area contributed by atoms with Crippen molar-refractivity contribution in [1.29, 1.82) is 0 Å². The maximum Gasteiger partial charge on any atom is 0.404 e. The lowest BCUT2D eigenvalue weighted by Gasteiger charge is -2.40. The summed E-state index contributed by atoms with van der Waals surface area (Å²) in [5.74, 6) is 0.836. The van der Waals surface area contributed by atoms with E-state index in [4.69, 9.17) is 9.47 Å². The van der Waals surface area contributed by atoms with Crippen molar-refractivity contribution in [3.63, 3.8) is 0 Å². The van der Waals surface area contributed by atoms with Crippen LogP contribution in [0.5, 0.6) is 11.5 Å². The van der Waals surface area contributed by atoms with Crippen molar-refractivity contribution in [2.24, 2.45) is 0 Å². The number of nitrogens with one attached hydrogen (secondary N) is 1. The Labute approximate surface area is 144 Å². The lowest BCUT2D eigenvalue weighted by Crippen LogP contribution is -2.55. The van der Waals surface area contributed by atoms with E-state index in [9.17, 15) is 18.0 Å². The lowest BCUT2D eigenvalue weighted by molar-refractivity contribution is -0.194. The highest BCUT2D eigenvalue weighted by Crippen LogP contribution is 2.37. The summed E-state index contributed by atoms with van der Waals surface area (Å²) in [6, 6.07) is 3.44. The first-order chi connectivity index (χ1) is 11.8. The summed E-state index contributed by atoms with van der Waals surface area (Å²) in [5.41, 5.74) is 0.662. The Hall–Kier alpha value is -1.96. The van der Waals surface area contributed by atoms with Crippen LogP contribution in [0.2, 0.25) is 0 Å². The van der Waals surface area contributed by atoms with Gasteiger partial charge in [-0.1, -0.05) is 12.1 Å². The molecule has 0 radical (unpaired) electrons. The standard InChI is InChI=1S/C17H21F3N2O3/c1-11(23)21-13-5-6-15(17(18,19)20)22(10-13)9-12-3-2-4-14-16(12)25-8-7-24-14/h2-4,13,15H,5-10H2,1H3,(H,21,23)/t13-,15-/m1/s1. The predicted octanol–water partition coefficient (Wildman–Crippen LogP) is 2.49. The highest BCUT2D eigenvalue weighted by atomic mass is 19.4. The van der Waals surface area contributed by atoms with Crippen LogP contribution >= 0.6 is 0 Å². The number of carbonyl (C=O) groups is 1. The van der Waals surface area contributed by atoms with Crippen LogP contribution in [-0.2, 0) is 11.3 Å². The number of nitrogens with zero attached hydrogens (tertiary/aromatic N) is 1. The molecule has 1 N–H and O–H groups in total. The fourth-order valence-electron chi connectivity index (χ4n) is 3.47. The molecule has 1 aromatic carbocycles. The Morgan fingerprint density at radius 1 is 1.28 bits per heavy atom. The molecule has 1 aromatic rings. The summed E-state index contributed by atoms with van der Waals surface area (Å²) < 4.78 is 51.4. The molecule has 2 atom stereocenters. The highest BCUT2D eigenvalue weighted by molar-refractivity contribution is 5.73. The second-order valence-corrected chi connectivity index (χ2v) is 6.40. The van der Waals surface area contributed by atoms with Crippen molar-refractivity contribution < 1.29 is 27.4 Å². The zero-order chi connectivity index (χ0) is 18.0. The summed E-state index contributed by atoms with van der Waals surface area (Å²) in [7, 11) is 0. The Balaban J connectivity index is 1.82. The molecule has 0 aliphatic carbocycles. The number of benzene rings is 1. The maximum absolute atomic E-state index is 13.4. The molecule has 8 heteroatoms. The van der Waals surface area contributed by atoms with E-state index in [1.54, 1.807) is 18.2 Å². The van der Waals surface area contributed by atoms with Gasteiger partial charge in [0.05, 0.1) is 0 Å². The van der Waals surface area contributed by atoms with Crippen molar-refractivity contribution in [2.75, 3.05) is 19.8 Å². The van der Waals surface area contributed by atoms with E-state index in [0.717, 1.165) is 0 Å². The van der Waals surface area contributed by atoms with Gasteiger partial charge in [0.25, 0.3) is 0 Å². The summed E-state index contributed by atoms with van der Waals surface area (Å²) >= 11 is 0. The second kappa shape index (κ2) is 7.11. The number of rotatable bonds is 3. The minimum atomic E-state index is -4.31. The first-order valence-corrected chi connectivity index (χ1v) is 8.30. The molecule has 0 unspecified atom stereocenters. The zero-order valence-electron chi connectivity index (χ0n) is 13.9. The molecule has 3 rings (SSSR count). The molecule has 0 spiro atoms. The number of halogens is 3. The average Bonchev–Trinajstić information content (AvgIpc) is 2.54. The minimum Gasteiger partial charge on any atom is -0.486 e. The smallest absolute Gasteiger partial charge is 0.404 e. The largest absolute Gasteiger partial charge is 0.486 e. The molecule has 138 valence electrons. The minimum absolute atomic E-state index is 0.0408. The van der Waals surface area contributed by atoms with Gasteiger partial charge in [0.1, 0.15) is 19.3 Å². The number of carbonyl (C=O) groups excluding carboxylic acids is 1. The van der Waals surface area contributed by atoms with Gasteiger partial charge in [-0.15, -0.1) is 0 Å². The molecule has 1 amide bonds. The number of hydrogen-bond acceptors (Lipinski definition) is 4. The topological polar surface area (TPSA) is 50.8 Å². The third-order valence-electron chi connectivity index (χ3n) is 4.49. The van der Waals surface area contributed by atoms with E-state index >= 15 is 0 Å². The van der Waals surface area contributed by atoms with Gasteiger partial charge >= 0.3 is 6.18 Å². The lowest BCUT2D eigenvalue weighted by atomic mass is 9.96.